The van der Waals surface area contributed by atoms with Crippen molar-refractivity contribution in [3.05, 3.63) is 72.8 Å². The molecule has 0 atom stereocenters. The molecule has 0 unspecified atom stereocenters. The van der Waals surface area contributed by atoms with Gasteiger partial charge in [0.05, 0.1) is 97.9 Å². The summed E-state index contributed by atoms with van der Waals surface area (Å²) in [5.74, 6) is 5.74. The van der Waals surface area contributed by atoms with Gasteiger partial charge < -0.3 is 47.9 Å². The second-order valence-corrected chi connectivity index (χ2v) is 21.0. The summed E-state index contributed by atoms with van der Waals surface area (Å²) in [5.41, 5.74) is 8.77. The van der Waals surface area contributed by atoms with Gasteiger partial charge in [0.2, 0.25) is 0 Å². The van der Waals surface area contributed by atoms with Gasteiger partial charge in [0, 0.05) is 21.5 Å². The van der Waals surface area contributed by atoms with Crippen molar-refractivity contribution >= 4 is 53.8 Å². The van der Waals surface area contributed by atoms with Gasteiger partial charge in [-0.3, -0.25) is 0 Å². The van der Waals surface area contributed by atoms with Crippen LogP contribution in [0.5, 0.6) is 46.0 Å². The Morgan fingerprint density at radius 2 is 0.463 bits per heavy atom. The number of halogens is 1. The minimum absolute atomic E-state index is 0.543. The summed E-state index contributed by atoms with van der Waals surface area (Å²) in [6.45, 7) is 21.8. The van der Waals surface area contributed by atoms with Gasteiger partial charge in [-0.15, -0.1) is 22.1 Å². The number of hydrogen-bond donors (Lipinski definition) is 0. The number of fused-ring (bicyclic) bond motifs is 20. The van der Waals surface area contributed by atoms with Gasteiger partial charge in [-0.2, -0.15) is 0 Å². The average molecular weight is 1180 g/mol. The van der Waals surface area contributed by atoms with Crippen molar-refractivity contribution in [1.29, 1.82) is 0 Å². The van der Waals surface area contributed by atoms with Crippen LogP contribution in [0.1, 0.15) is 158 Å². The Labute approximate surface area is 498 Å². The molecule has 440 valence electrons. The van der Waals surface area contributed by atoms with E-state index in [4.69, 9.17) is 57.8 Å². The molecule has 12 nitrogen and oxygen atoms in total. The third kappa shape index (κ3) is 14.2. The van der Waals surface area contributed by atoms with E-state index in [1.165, 1.54) is 0 Å². The van der Waals surface area contributed by atoms with E-state index < -0.39 is 0 Å². The summed E-state index contributed by atoms with van der Waals surface area (Å²) in [6, 6.07) is 24.6. The number of benzene rings is 4. The molecule has 0 saturated heterocycles. The predicted molar refractivity (Wildman–Crippen MR) is 332 cm³/mol. The summed E-state index contributed by atoms with van der Waals surface area (Å²) in [6.07, 6.45) is 15.1. The fraction of sp³-hybridized carbons (Fsp3) is 0.471. The third-order valence-electron chi connectivity index (χ3n) is 14.7. The van der Waals surface area contributed by atoms with Crippen molar-refractivity contribution in [1.82, 2.24) is 19.9 Å². The minimum atomic E-state index is 0.543. The molecule has 0 spiro atoms. The zero-order valence-electron chi connectivity index (χ0n) is 49.7. The van der Waals surface area contributed by atoms with Gasteiger partial charge in [-0.25, -0.2) is 9.97 Å². The number of ether oxygens (including phenoxy) is 8. The molecular weight excluding hydrogens is 1100 g/mol. The number of nitrogens with zero attached hydrogens (tertiary/aromatic N) is 4. The number of rotatable bonds is 32. The Bertz CT molecular complexity index is 2960. The van der Waals surface area contributed by atoms with Crippen molar-refractivity contribution in [3.63, 3.8) is 0 Å². The molecule has 0 radical (unpaired) electrons. The molecule has 5 heterocycles. The molecule has 0 fully saturated rings. The van der Waals surface area contributed by atoms with Crippen molar-refractivity contribution in [2.75, 3.05) is 52.9 Å². The molecular formula is C68H84ClCoN4O8. The third-order valence-corrected chi connectivity index (χ3v) is 14.7. The van der Waals surface area contributed by atoms with Crippen LogP contribution in [0.15, 0.2) is 72.8 Å². The Morgan fingerprint density at radius 1 is 0.293 bits per heavy atom. The van der Waals surface area contributed by atoms with Crippen LogP contribution >= 0.6 is 10.1 Å². The maximum atomic E-state index is 6.77. The van der Waals surface area contributed by atoms with Gasteiger partial charge in [-0.1, -0.05) is 107 Å². The first-order chi connectivity index (χ1) is 40.4. The molecule has 9 rings (SSSR count). The molecule has 0 amide bonds. The fourth-order valence-corrected chi connectivity index (χ4v) is 10.2. The van der Waals surface area contributed by atoms with E-state index >= 15 is 0 Å². The Hall–Kier alpha value is -6.28. The Balaban J connectivity index is 0.00000435. The topological polar surface area (TPSA) is 128 Å². The monoisotopic (exact) mass is 1180 g/mol. The maximum absolute atomic E-state index is 6.77. The molecule has 3 aromatic heterocycles. The van der Waals surface area contributed by atoms with Crippen LogP contribution in [0.2, 0.25) is 0 Å². The zero-order valence-corrected chi connectivity index (χ0v) is 51.5. The van der Waals surface area contributed by atoms with Crippen molar-refractivity contribution in [3.8, 4) is 91.0 Å². The van der Waals surface area contributed by atoms with Gasteiger partial charge in [0.1, 0.15) is 46.0 Å². The summed E-state index contributed by atoms with van der Waals surface area (Å²) in [4.78, 5) is 22.6. The van der Waals surface area contributed by atoms with Gasteiger partial charge in [0.25, 0.3) is 0 Å². The Morgan fingerprint density at radius 3 is 0.646 bits per heavy atom. The number of aromatic nitrogens is 4. The van der Waals surface area contributed by atoms with Crippen LogP contribution in [0.3, 0.4) is 0 Å². The molecule has 7 aromatic rings. The molecule has 4 aromatic carbocycles. The molecule has 0 saturated carbocycles. The number of unbranched alkanes of at least 4 members (excludes halogenated alkanes) is 8. The fourth-order valence-electron chi connectivity index (χ4n) is 10.2. The summed E-state index contributed by atoms with van der Waals surface area (Å²) < 4.78 is 54.1. The van der Waals surface area contributed by atoms with Crippen molar-refractivity contribution in [2.45, 2.75) is 158 Å². The normalized spacial score (nSPS) is 11.5. The van der Waals surface area contributed by atoms with E-state index in [9.17, 15) is 0 Å². The zero-order chi connectivity index (χ0) is 57.8. The predicted octanol–water partition coefficient (Wildman–Crippen LogP) is 18.7. The summed E-state index contributed by atoms with van der Waals surface area (Å²) in [7, 11) is 4.33. The second-order valence-electron chi connectivity index (χ2n) is 21.0. The first-order valence-corrected chi connectivity index (χ1v) is 31.9. The van der Waals surface area contributed by atoms with Gasteiger partial charge in [-0.05, 0) is 124 Å². The van der Waals surface area contributed by atoms with E-state index in [0.29, 0.717) is 97.7 Å². The molecule has 82 heavy (non-hydrogen) atoms. The van der Waals surface area contributed by atoms with Crippen LogP contribution in [0.25, 0.3) is 88.6 Å². The molecule has 2 aliphatic rings. The van der Waals surface area contributed by atoms with E-state index in [1.807, 2.05) is 48.5 Å². The first kappa shape index (κ1) is 61.8. The van der Waals surface area contributed by atoms with Crippen LogP contribution in [0, 0.1) is 0 Å². The average Bonchev–Trinajstić information content (AvgIpc) is 4.43. The Kier molecular flexibility index (Phi) is 23.7. The molecule has 0 N–H and O–H groups in total. The molecule has 8 bridgehead atoms. The van der Waals surface area contributed by atoms with Crippen LogP contribution in [-0.4, -0.2) is 62.8 Å². The van der Waals surface area contributed by atoms with Crippen molar-refractivity contribution in [2.24, 2.45) is 0 Å². The van der Waals surface area contributed by atoms with Crippen molar-refractivity contribution < 1.29 is 52.7 Å². The molecule has 14 heteroatoms. The quantitative estimate of drug-likeness (QED) is 0.0372. The van der Waals surface area contributed by atoms with E-state index in [0.717, 1.165) is 193 Å². The van der Waals surface area contributed by atoms with E-state index in [-0.39, 0.29) is 0 Å². The van der Waals surface area contributed by atoms with Crippen LogP contribution in [-0.2, 0) is 14.8 Å². The summed E-state index contributed by atoms with van der Waals surface area (Å²) >= 11 is 3.03. The number of hydrogen-bond acceptors (Lipinski definition) is 10. The molecule has 2 aliphatic heterocycles. The second kappa shape index (κ2) is 31.4. The SMILES string of the molecule is CCCCOc1ccc(OCCCC)c2c1-c1cc3[n-]c(cc4nc(cc5[n-]c(cc-2n1)c1c(OCCCC)ccc(OCCCC)c51)-c1c(OCCCC)ccc(OCCCC)c1-4)c1c(OCCCC)ccc(OCCCC)c31.[Cl][Co+2]. The molecule has 0 aliphatic carbocycles. The standard InChI is InChI=1S/C68H84N4O8.ClH.Co/c1-9-17-33-73-53-25-26-54(74-34-18-10-2)62-46-42-48-64-56(76-36-20-12-4)29-30-58(78-38-22-14-6)66(64)50(71-48)44-52-68-60(80-40-24-16-8)32-31-59(79-39-23-15-7)67(68)51(72-52)43-49-65-57(77-37-21-13-5)28-27-55(75-35-19-11-3)63(65)47(70-49)41-45(69-46)61(53)62;;/h25-32,41-44H,9-24,33-40H2,1-8H3;1H;/q-2;;+3/p-1. The van der Waals surface area contributed by atoms with Crippen LogP contribution in [0.4, 0.5) is 0 Å². The van der Waals surface area contributed by atoms with E-state index in [2.05, 4.69) is 105 Å². The summed E-state index contributed by atoms with van der Waals surface area (Å²) in [5, 5.41) is 3.33. The first-order valence-electron chi connectivity index (χ1n) is 30.5. The van der Waals surface area contributed by atoms with Gasteiger partial charge in [0.15, 0.2) is 0 Å². The van der Waals surface area contributed by atoms with Gasteiger partial charge >= 0.3 is 25.0 Å². The van der Waals surface area contributed by atoms with E-state index in [1.54, 1.807) is 0 Å². The van der Waals surface area contributed by atoms with Crippen LogP contribution < -0.4 is 47.9 Å².